The van der Waals surface area contributed by atoms with E-state index in [9.17, 15) is 0 Å². The van der Waals surface area contributed by atoms with Crippen LogP contribution in [-0.4, -0.2) is 35.3 Å². The van der Waals surface area contributed by atoms with Crippen molar-refractivity contribution in [3.05, 3.63) is 66.9 Å². The molecule has 0 aliphatic heterocycles. The summed E-state index contributed by atoms with van der Waals surface area (Å²) >= 11 is 0. The quantitative estimate of drug-likeness (QED) is 0.524. The second kappa shape index (κ2) is 6.69. The molecule has 0 fully saturated rings. The van der Waals surface area contributed by atoms with Gasteiger partial charge in [0.2, 0.25) is 0 Å². The lowest BCUT2D eigenvalue weighted by atomic mass is 9.98. The summed E-state index contributed by atoms with van der Waals surface area (Å²) in [4.78, 5) is 2.21. The van der Waals surface area contributed by atoms with Crippen LogP contribution < -0.4 is 0 Å². The average Bonchev–Trinajstić information content (AvgIpc) is 3.02. The molecule has 3 nitrogen and oxygen atoms in total. The Morgan fingerprint density at radius 2 is 1.76 bits per heavy atom. The van der Waals surface area contributed by atoms with Crippen molar-refractivity contribution in [3.8, 4) is 11.1 Å². The predicted molar refractivity (Wildman–Crippen MR) is 106 cm³/mol. The van der Waals surface area contributed by atoms with Gasteiger partial charge in [0, 0.05) is 18.1 Å². The first-order valence-electron chi connectivity index (χ1n) is 8.81. The summed E-state index contributed by atoms with van der Waals surface area (Å²) in [7, 11) is 4.21. The summed E-state index contributed by atoms with van der Waals surface area (Å²) < 4.78 is 2.07. The molecule has 0 amide bonds. The first-order valence-corrected chi connectivity index (χ1v) is 8.81. The van der Waals surface area contributed by atoms with E-state index in [-0.39, 0.29) is 0 Å². The van der Waals surface area contributed by atoms with Gasteiger partial charge in [-0.15, -0.1) is 0 Å². The average molecular weight is 329 g/mol. The second-order valence-electron chi connectivity index (χ2n) is 6.85. The molecule has 0 atom stereocenters. The third kappa shape index (κ3) is 3.28. The Kier molecular flexibility index (Phi) is 4.24. The highest BCUT2D eigenvalue weighted by molar-refractivity contribution is 5.98. The molecule has 0 saturated carbocycles. The molecule has 1 heterocycles. The monoisotopic (exact) mass is 329 g/mol. The first-order chi connectivity index (χ1) is 12.2. The molecule has 0 spiro atoms. The van der Waals surface area contributed by atoms with E-state index in [4.69, 9.17) is 5.10 Å². The number of aromatic nitrogens is 2. The molecule has 1 aromatic heterocycles. The fourth-order valence-corrected chi connectivity index (χ4v) is 3.38. The van der Waals surface area contributed by atoms with Crippen LogP contribution in [0, 0.1) is 0 Å². The van der Waals surface area contributed by atoms with Gasteiger partial charge in [0.05, 0.1) is 5.52 Å². The zero-order valence-electron chi connectivity index (χ0n) is 14.8. The van der Waals surface area contributed by atoms with Crippen LogP contribution in [0.5, 0.6) is 0 Å². The van der Waals surface area contributed by atoms with Gasteiger partial charge in [-0.05, 0) is 55.0 Å². The Morgan fingerprint density at radius 1 is 0.920 bits per heavy atom. The topological polar surface area (TPSA) is 21.1 Å². The normalized spacial score (nSPS) is 11.6. The van der Waals surface area contributed by atoms with Crippen LogP contribution in [-0.2, 0) is 6.54 Å². The number of hydrogen-bond acceptors (Lipinski definition) is 2. The number of rotatable bonds is 5. The van der Waals surface area contributed by atoms with E-state index < -0.39 is 0 Å². The Hall–Kier alpha value is -2.65. The number of hydrogen-bond donors (Lipinski definition) is 0. The largest absolute Gasteiger partial charge is 0.309 e. The second-order valence-corrected chi connectivity index (χ2v) is 6.85. The standard InChI is InChI=1S/C22H23N3/c1-24(2)13-6-14-25-16-19-12-11-18(15-22(19)23-25)21-10-5-8-17-7-3-4-9-20(17)21/h3-5,7-12,15-16H,6,13-14H2,1-2H3. The van der Waals surface area contributed by atoms with Gasteiger partial charge >= 0.3 is 0 Å². The Bertz CT molecular complexity index is 1010. The van der Waals surface area contributed by atoms with Crippen molar-refractivity contribution in [1.82, 2.24) is 14.7 Å². The Balaban J connectivity index is 1.69. The van der Waals surface area contributed by atoms with Crippen LogP contribution in [0.15, 0.2) is 66.9 Å². The summed E-state index contributed by atoms with van der Waals surface area (Å²) in [5, 5.41) is 8.54. The molecule has 0 bridgehead atoms. The lowest BCUT2D eigenvalue weighted by molar-refractivity contribution is 0.381. The molecule has 3 heteroatoms. The van der Waals surface area contributed by atoms with Crippen molar-refractivity contribution >= 4 is 21.7 Å². The maximum absolute atomic E-state index is 4.77. The van der Waals surface area contributed by atoms with Crippen LogP contribution in [0.25, 0.3) is 32.8 Å². The number of fused-ring (bicyclic) bond motifs is 2. The van der Waals surface area contributed by atoms with Crippen LogP contribution in [0.4, 0.5) is 0 Å². The summed E-state index contributed by atoms with van der Waals surface area (Å²) in [5.41, 5.74) is 3.56. The minimum Gasteiger partial charge on any atom is -0.309 e. The van der Waals surface area contributed by atoms with Crippen LogP contribution in [0.2, 0.25) is 0 Å². The number of aryl methyl sites for hydroxylation is 1. The van der Waals surface area contributed by atoms with Crippen LogP contribution in [0.1, 0.15) is 6.42 Å². The van der Waals surface area contributed by atoms with Crippen LogP contribution >= 0.6 is 0 Å². The number of benzene rings is 3. The molecule has 0 unspecified atom stereocenters. The van der Waals surface area contributed by atoms with E-state index >= 15 is 0 Å². The van der Waals surface area contributed by atoms with Crippen molar-refractivity contribution in [1.29, 1.82) is 0 Å². The van der Waals surface area contributed by atoms with Crippen molar-refractivity contribution < 1.29 is 0 Å². The fraction of sp³-hybridized carbons (Fsp3) is 0.227. The molecule has 0 aliphatic rings. The van der Waals surface area contributed by atoms with E-state index in [1.807, 2.05) is 0 Å². The molecule has 0 saturated heterocycles. The van der Waals surface area contributed by atoms with E-state index in [1.165, 1.54) is 27.3 Å². The molecule has 3 aromatic carbocycles. The SMILES string of the molecule is CN(C)CCCn1cc2ccc(-c3cccc4ccccc34)cc2n1. The third-order valence-corrected chi connectivity index (χ3v) is 4.65. The van der Waals surface area contributed by atoms with Crippen molar-refractivity contribution in [2.75, 3.05) is 20.6 Å². The zero-order chi connectivity index (χ0) is 17.2. The number of nitrogens with zero attached hydrogens (tertiary/aromatic N) is 3. The van der Waals surface area contributed by atoms with Crippen molar-refractivity contribution in [3.63, 3.8) is 0 Å². The highest BCUT2D eigenvalue weighted by Crippen LogP contribution is 2.30. The summed E-state index contributed by atoms with van der Waals surface area (Å²) in [6.45, 7) is 2.04. The summed E-state index contributed by atoms with van der Waals surface area (Å²) in [6.07, 6.45) is 3.26. The smallest absolute Gasteiger partial charge is 0.0929 e. The minimum absolute atomic E-state index is 0.955. The molecular formula is C22H23N3. The fourth-order valence-electron chi connectivity index (χ4n) is 3.38. The molecule has 0 N–H and O–H groups in total. The van der Waals surface area contributed by atoms with Gasteiger partial charge in [-0.3, -0.25) is 4.68 Å². The maximum Gasteiger partial charge on any atom is 0.0929 e. The van der Waals surface area contributed by atoms with Gasteiger partial charge in [0.1, 0.15) is 0 Å². The maximum atomic E-state index is 4.77. The van der Waals surface area contributed by atoms with Gasteiger partial charge in [0.25, 0.3) is 0 Å². The highest BCUT2D eigenvalue weighted by Gasteiger charge is 2.07. The third-order valence-electron chi connectivity index (χ3n) is 4.65. The molecule has 0 aliphatic carbocycles. The Morgan fingerprint density at radius 3 is 2.64 bits per heavy atom. The van der Waals surface area contributed by atoms with Crippen LogP contribution in [0.3, 0.4) is 0 Å². The lowest BCUT2D eigenvalue weighted by Crippen LogP contribution is -2.15. The highest BCUT2D eigenvalue weighted by atomic mass is 15.3. The molecule has 4 rings (SSSR count). The summed E-state index contributed by atoms with van der Waals surface area (Å²) in [5.74, 6) is 0. The zero-order valence-corrected chi connectivity index (χ0v) is 14.8. The molecule has 0 radical (unpaired) electrons. The molecule has 4 aromatic rings. The van der Waals surface area contributed by atoms with Crippen molar-refractivity contribution in [2.24, 2.45) is 0 Å². The van der Waals surface area contributed by atoms with E-state index in [0.717, 1.165) is 25.0 Å². The van der Waals surface area contributed by atoms with Gasteiger partial charge in [-0.25, -0.2) is 0 Å². The van der Waals surface area contributed by atoms with E-state index in [2.05, 4.69) is 90.5 Å². The first kappa shape index (κ1) is 15.9. The molecule has 126 valence electrons. The lowest BCUT2D eigenvalue weighted by Gasteiger charge is -2.08. The molecular weight excluding hydrogens is 306 g/mol. The van der Waals surface area contributed by atoms with Gasteiger partial charge in [-0.2, -0.15) is 5.10 Å². The van der Waals surface area contributed by atoms with E-state index in [1.54, 1.807) is 0 Å². The van der Waals surface area contributed by atoms with Crippen molar-refractivity contribution in [2.45, 2.75) is 13.0 Å². The van der Waals surface area contributed by atoms with Gasteiger partial charge in [0.15, 0.2) is 0 Å². The minimum atomic E-state index is 0.955. The van der Waals surface area contributed by atoms with Gasteiger partial charge in [-0.1, -0.05) is 54.6 Å². The Labute approximate surface area is 148 Å². The predicted octanol–water partition coefficient (Wildman–Crippen LogP) is 4.81. The molecule has 25 heavy (non-hydrogen) atoms. The van der Waals surface area contributed by atoms with Gasteiger partial charge < -0.3 is 4.90 Å². The van der Waals surface area contributed by atoms with E-state index in [0.29, 0.717) is 0 Å². The summed E-state index contributed by atoms with van der Waals surface area (Å²) in [6, 6.07) is 21.6.